The lowest BCUT2D eigenvalue weighted by molar-refractivity contribution is 0.0567. The molecule has 0 saturated heterocycles. The maximum Gasteiger partial charge on any atom is 0.373 e. The van der Waals surface area contributed by atoms with Crippen LogP contribution in [0.2, 0.25) is 0 Å². The number of esters is 1. The van der Waals surface area contributed by atoms with E-state index in [0.29, 0.717) is 11.1 Å². The monoisotopic (exact) mass is 268 g/mol. The molecule has 0 aliphatic rings. The number of benzene rings is 1. The molecule has 6 heteroatoms. The van der Waals surface area contributed by atoms with Crippen molar-refractivity contribution in [1.29, 1.82) is 0 Å². The Kier molecular flexibility index (Phi) is 3.25. The molecule has 2 aromatic rings. The molecule has 0 radical (unpaired) electrons. The van der Waals surface area contributed by atoms with Crippen molar-refractivity contribution >= 4 is 33.8 Å². The van der Waals surface area contributed by atoms with E-state index in [1.807, 2.05) is 0 Å². The number of fused-ring (bicyclic) bond motifs is 1. The molecule has 0 saturated carbocycles. The Balaban J connectivity index is 2.74. The van der Waals surface area contributed by atoms with Crippen molar-refractivity contribution < 1.29 is 23.5 Å². The largest absolute Gasteiger partial charge is 0.493 e. The van der Waals surface area contributed by atoms with Gasteiger partial charge in [0.25, 0.3) is 5.24 Å². The van der Waals surface area contributed by atoms with Gasteiger partial charge in [-0.1, -0.05) is 0 Å². The standard InChI is InChI=1S/C12H9ClO5/c1-16-8-4-3-6(11(13)14)7-5-9(12(15)17-2)18-10(7)8/h3-5H,1-2H3. The first-order valence-electron chi connectivity index (χ1n) is 4.97. The van der Waals surface area contributed by atoms with Crippen LogP contribution >= 0.6 is 11.6 Å². The Labute approximate surface area is 107 Å². The molecular formula is C12H9ClO5. The Hall–Kier alpha value is -2.01. The molecule has 0 unspecified atom stereocenters. The van der Waals surface area contributed by atoms with E-state index in [0.717, 1.165) is 0 Å². The van der Waals surface area contributed by atoms with Gasteiger partial charge in [0, 0.05) is 17.0 Å². The number of hydrogen-bond acceptors (Lipinski definition) is 5. The number of rotatable bonds is 3. The fourth-order valence-corrected chi connectivity index (χ4v) is 1.80. The summed E-state index contributed by atoms with van der Waals surface area (Å²) in [5, 5.41) is -0.227. The topological polar surface area (TPSA) is 65.7 Å². The van der Waals surface area contributed by atoms with Gasteiger partial charge in [-0.3, -0.25) is 4.79 Å². The lowest BCUT2D eigenvalue weighted by Gasteiger charge is -2.02. The third-order valence-electron chi connectivity index (χ3n) is 2.47. The summed E-state index contributed by atoms with van der Waals surface area (Å²) in [6, 6.07) is 4.45. The number of hydrogen-bond donors (Lipinski definition) is 0. The maximum atomic E-state index is 11.4. The number of carbonyl (C=O) groups excluding carboxylic acids is 2. The summed E-state index contributed by atoms with van der Waals surface area (Å²) in [5.41, 5.74) is 0.524. The van der Waals surface area contributed by atoms with Gasteiger partial charge in [-0.2, -0.15) is 0 Å². The van der Waals surface area contributed by atoms with Gasteiger partial charge in [0.1, 0.15) is 0 Å². The van der Waals surface area contributed by atoms with Crippen molar-refractivity contribution in [2.45, 2.75) is 0 Å². The second kappa shape index (κ2) is 4.70. The number of halogens is 1. The second-order valence-electron chi connectivity index (χ2n) is 3.43. The minimum absolute atomic E-state index is 0.0174. The fourth-order valence-electron chi connectivity index (χ4n) is 1.63. The van der Waals surface area contributed by atoms with Crippen molar-refractivity contribution in [3.63, 3.8) is 0 Å². The van der Waals surface area contributed by atoms with Crippen LogP contribution in [-0.4, -0.2) is 25.4 Å². The van der Waals surface area contributed by atoms with Crippen molar-refractivity contribution in [1.82, 2.24) is 0 Å². The lowest BCUT2D eigenvalue weighted by Crippen LogP contribution is -1.98. The van der Waals surface area contributed by atoms with Crippen LogP contribution in [0, 0.1) is 0 Å². The highest BCUT2D eigenvalue weighted by molar-refractivity contribution is 6.68. The molecule has 0 amide bonds. The molecule has 0 atom stereocenters. The zero-order chi connectivity index (χ0) is 13.3. The zero-order valence-corrected chi connectivity index (χ0v) is 10.4. The van der Waals surface area contributed by atoms with E-state index in [4.69, 9.17) is 20.8 Å². The molecule has 0 spiro atoms. The molecule has 0 aliphatic heterocycles. The molecule has 94 valence electrons. The number of methoxy groups -OCH3 is 2. The van der Waals surface area contributed by atoms with E-state index >= 15 is 0 Å². The van der Waals surface area contributed by atoms with Crippen molar-refractivity contribution in [3.05, 3.63) is 29.5 Å². The Morgan fingerprint density at radius 1 is 1.28 bits per heavy atom. The first-order chi connectivity index (χ1) is 8.58. The quantitative estimate of drug-likeness (QED) is 0.632. The van der Waals surface area contributed by atoms with Crippen LogP contribution in [-0.2, 0) is 4.74 Å². The van der Waals surface area contributed by atoms with E-state index in [9.17, 15) is 9.59 Å². The predicted octanol–water partition coefficient (Wildman–Crippen LogP) is 2.61. The van der Waals surface area contributed by atoms with Crippen LogP contribution in [0.15, 0.2) is 22.6 Å². The van der Waals surface area contributed by atoms with Gasteiger partial charge < -0.3 is 13.9 Å². The molecule has 0 N–H and O–H groups in total. The SMILES string of the molecule is COC(=O)c1cc2c(C(=O)Cl)ccc(OC)c2o1. The van der Waals surface area contributed by atoms with E-state index in [2.05, 4.69) is 4.74 Å². The highest BCUT2D eigenvalue weighted by atomic mass is 35.5. The molecule has 0 fully saturated rings. The predicted molar refractivity (Wildman–Crippen MR) is 64.3 cm³/mol. The average Bonchev–Trinajstić information content (AvgIpc) is 2.80. The Bertz CT molecular complexity index is 629. The van der Waals surface area contributed by atoms with Crippen LogP contribution < -0.4 is 4.74 Å². The summed E-state index contributed by atoms with van der Waals surface area (Å²) in [4.78, 5) is 22.7. The molecule has 1 aromatic heterocycles. The van der Waals surface area contributed by atoms with Gasteiger partial charge in [-0.05, 0) is 23.7 Å². The molecule has 1 heterocycles. The van der Waals surface area contributed by atoms with Gasteiger partial charge in [-0.25, -0.2) is 4.79 Å². The summed E-state index contributed by atoms with van der Waals surface area (Å²) in [6.07, 6.45) is 0. The molecule has 18 heavy (non-hydrogen) atoms. The van der Waals surface area contributed by atoms with Crippen molar-refractivity contribution in [2.75, 3.05) is 14.2 Å². The summed E-state index contributed by atoms with van der Waals surface area (Å²) in [7, 11) is 2.69. The summed E-state index contributed by atoms with van der Waals surface area (Å²) in [5.74, 6) is -0.251. The van der Waals surface area contributed by atoms with E-state index in [-0.39, 0.29) is 16.9 Å². The number of furan rings is 1. The average molecular weight is 269 g/mol. The van der Waals surface area contributed by atoms with Gasteiger partial charge in [0.05, 0.1) is 14.2 Å². The molecule has 0 bridgehead atoms. The third kappa shape index (κ3) is 1.93. The first kappa shape index (κ1) is 12.4. The lowest BCUT2D eigenvalue weighted by atomic mass is 10.1. The maximum absolute atomic E-state index is 11.4. The number of ether oxygens (including phenoxy) is 2. The molecule has 5 nitrogen and oxygen atoms in total. The van der Waals surface area contributed by atoms with Crippen molar-refractivity contribution in [2.24, 2.45) is 0 Å². The molecule has 1 aromatic carbocycles. The van der Waals surface area contributed by atoms with Crippen LogP contribution in [0.1, 0.15) is 20.9 Å². The zero-order valence-electron chi connectivity index (χ0n) is 9.65. The minimum Gasteiger partial charge on any atom is -0.493 e. The van der Waals surface area contributed by atoms with Crippen LogP contribution in [0.4, 0.5) is 0 Å². The van der Waals surface area contributed by atoms with Gasteiger partial charge in [0.15, 0.2) is 11.3 Å². The smallest absolute Gasteiger partial charge is 0.373 e. The first-order valence-corrected chi connectivity index (χ1v) is 5.35. The Morgan fingerprint density at radius 2 is 2.00 bits per heavy atom. The van der Waals surface area contributed by atoms with E-state index in [1.165, 1.54) is 26.4 Å². The van der Waals surface area contributed by atoms with Gasteiger partial charge >= 0.3 is 5.97 Å². The second-order valence-corrected chi connectivity index (χ2v) is 3.78. The van der Waals surface area contributed by atoms with Crippen LogP contribution in [0.5, 0.6) is 5.75 Å². The van der Waals surface area contributed by atoms with Crippen LogP contribution in [0.3, 0.4) is 0 Å². The van der Waals surface area contributed by atoms with Gasteiger partial charge in [0.2, 0.25) is 5.76 Å². The normalized spacial score (nSPS) is 10.4. The highest BCUT2D eigenvalue weighted by Gasteiger charge is 2.19. The van der Waals surface area contributed by atoms with E-state index in [1.54, 1.807) is 6.07 Å². The summed E-state index contributed by atoms with van der Waals surface area (Å²) >= 11 is 5.46. The van der Waals surface area contributed by atoms with Crippen LogP contribution in [0.25, 0.3) is 11.0 Å². The van der Waals surface area contributed by atoms with Crippen molar-refractivity contribution in [3.8, 4) is 5.75 Å². The summed E-state index contributed by atoms with van der Waals surface area (Å²) < 4.78 is 15.0. The fraction of sp³-hybridized carbons (Fsp3) is 0.167. The van der Waals surface area contributed by atoms with Gasteiger partial charge in [-0.15, -0.1) is 0 Å². The highest BCUT2D eigenvalue weighted by Crippen LogP contribution is 2.32. The Morgan fingerprint density at radius 3 is 2.56 bits per heavy atom. The third-order valence-corrected chi connectivity index (χ3v) is 2.67. The number of carbonyl (C=O) groups is 2. The molecule has 2 rings (SSSR count). The molecular weight excluding hydrogens is 260 g/mol. The minimum atomic E-state index is -0.639. The van der Waals surface area contributed by atoms with E-state index < -0.39 is 11.2 Å². The molecule has 0 aliphatic carbocycles. The summed E-state index contributed by atoms with van der Waals surface area (Å²) in [6.45, 7) is 0.